The number of rotatable bonds is 2. The summed E-state index contributed by atoms with van der Waals surface area (Å²) in [5.74, 6) is -13.1. The maximum absolute atomic E-state index is 13.1. The Hall–Kier alpha value is -1.74. The first kappa shape index (κ1) is 16.3. The van der Waals surface area contributed by atoms with Crippen molar-refractivity contribution in [2.75, 3.05) is 0 Å². The van der Waals surface area contributed by atoms with Crippen molar-refractivity contribution in [3.05, 3.63) is 35.1 Å². The van der Waals surface area contributed by atoms with E-state index in [1.54, 1.807) is 0 Å². The second-order valence-electron chi connectivity index (χ2n) is 3.63. The number of carbonyl (C=O) groups excluding carboxylic acids is 1. The Morgan fingerprint density at radius 1 is 0.800 bits per heavy atom. The van der Waals surface area contributed by atoms with Crippen molar-refractivity contribution in [2.45, 2.75) is 12.4 Å². The van der Waals surface area contributed by atoms with E-state index in [9.17, 15) is 44.3 Å². The van der Waals surface area contributed by atoms with Crippen molar-refractivity contribution >= 4 is 5.78 Å². The molecular formula is C10H3F9O. The highest BCUT2D eigenvalue weighted by Crippen LogP contribution is 2.41. The molecule has 0 radical (unpaired) electrons. The first-order chi connectivity index (χ1) is 8.85. The molecule has 0 spiro atoms. The van der Waals surface area contributed by atoms with Crippen LogP contribution < -0.4 is 0 Å². The summed E-state index contributed by atoms with van der Waals surface area (Å²) in [6, 6.07) is -0.663. The molecule has 0 unspecified atom stereocenters. The van der Waals surface area contributed by atoms with Crippen molar-refractivity contribution in [3.63, 3.8) is 0 Å². The van der Waals surface area contributed by atoms with Crippen LogP contribution in [-0.4, -0.2) is 18.1 Å². The average Bonchev–Trinajstić information content (AvgIpc) is 2.18. The Balaban J connectivity index is 3.38. The second kappa shape index (κ2) is 4.98. The Labute approximate surface area is 105 Å². The number of benzene rings is 1. The van der Waals surface area contributed by atoms with E-state index in [0.717, 1.165) is 0 Å². The van der Waals surface area contributed by atoms with Gasteiger partial charge in [-0.25, -0.2) is 13.2 Å². The lowest BCUT2D eigenvalue weighted by molar-refractivity contribution is -0.264. The van der Waals surface area contributed by atoms with Crippen LogP contribution in [0.4, 0.5) is 39.5 Å². The van der Waals surface area contributed by atoms with Crippen LogP contribution >= 0.6 is 0 Å². The van der Waals surface area contributed by atoms with Gasteiger partial charge in [0.2, 0.25) is 5.92 Å². The molecule has 1 nitrogen and oxygen atoms in total. The van der Waals surface area contributed by atoms with Crippen molar-refractivity contribution in [2.24, 2.45) is 5.92 Å². The summed E-state index contributed by atoms with van der Waals surface area (Å²) in [4.78, 5) is 11.2. The molecule has 0 amide bonds. The van der Waals surface area contributed by atoms with Gasteiger partial charge in [-0.1, -0.05) is 0 Å². The van der Waals surface area contributed by atoms with Crippen LogP contribution in [0, 0.1) is 23.4 Å². The molecule has 0 aliphatic heterocycles. The van der Waals surface area contributed by atoms with Crippen LogP contribution in [0.15, 0.2) is 12.1 Å². The quantitative estimate of drug-likeness (QED) is 0.458. The predicted molar refractivity (Wildman–Crippen MR) is 46.2 cm³/mol. The first-order valence-corrected chi connectivity index (χ1v) is 4.68. The summed E-state index contributed by atoms with van der Waals surface area (Å²) in [7, 11) is 0. The molecule has 0 heterocycles. The maximum Gasteiger partial charge on any atom is 0.407 e. The zero-order chi connectivity index (χ0) is 15.9. The molecule has 0 fully saturated rings. The molecule has 0 aromatic heterocycles. The lowest BCUT2D eigenvalue weighted by Crippen LogP contribution is -2.42. The number of carbonyl (C=O) groups is 1. The number of ketones is 1. The van der Waals surface area contributed by atoms with Gasteiger partial charge in [-0.2, -0.15) is 26.3 Å². The smallest absolute Gasteiger partial charge is 0.293 e. The second-order valence-corrected chi connectivity index (χ2v) is 3.63. The van der Waals surface area contributed by atoms with E-state index in [2.05, 4.69) is 0 Å². The molecule has 0 saturated carbocycles. The van der Waals surface area contributed by atoms with Gasteiger partial charge in [-0.3, -0.25) is 4.79 Å². The average molecular weight is 310 g/mol. The number of Topliss-reactive ketones (excluding diaryl/α,β-unsaturated/α-hetero) is 1. The molecule has 1 aromatic rings. The van der Waals surface area contributed by atoms with Crippen LogP contribution in [0.3, 0.4) is 0 Å². The lowest BCUT2D eigenvalue weighted by atomic mass is 9.96. The van der Waals surface area contributed by atoms with Crippen LogP contribution in [0.5, 0.6) is 0 Å². The Morgan fingerprint density at radius 2 is 1.20 bits per heavy atom. The van der Waals surface area contributed by atoms with Gasteiger partial charge in [-0.15, -0.1) is 0 Å². The van der Waals surface area contributed by atoms with Crippen molar-refractivity contribution in [1.29, 1.82) is 0 Å². The third kappa shape index (κ3) is 3.23. The zero-order valence-corrected chi connectivity index (χ0v) is 9.04. The molecule has 1 rings (SSSR count). The topological polar surface area (TPSA) is 17.1 Å². The summed E-state index contributed by atoms with van der Waals surface area (Å²) < 4.78 is 112. The minimum absolute atomic E-state index is 0.313. The molecule has 0 bridgehead atoms. The molecule has 20 heavy (non-hydrogen) atoms. The first-order valence-electron chi connectivity index (χ1n) is 4.68. The van der Waals surface area contributed by atoms with E-state index >= 15 is 0 Å². The van der Waals surface area contributed by atoms with Gasteiger partial charge in [0.25, 0.3) is 0 Å². The highest BCUT2D eigenvalue weighted by Gasteiger charge is 2.61. The SMILES string of the molecule is O=C(c1cc(F)c(F)cc1F)C(C(F)(F)F)C(F)(F)F. The maximum atomic E-state index is 13.1. The molecular weight excluding hydrogens is 307 g/mol. The van der Waals surface area contributed by atoms with E-state index in [-0.39, 0.29) is 12.1 Å². The summed E-state index contributed by atoms with van der Waals surface area (Å²) >= 11 is 0. The summed E-state index contributed by atoms with van der Waals surface area (Å²) in [6.45, 7) is 0. The Morgan fingerprint density at radius 3 is 1.60 bits per heavy atom. The number of hydrogen-bond donors (Lipinski definition) is 0. The van der Waals surface area contributed by atoms with E-state index in [1.165, 1.54) is 0 Å². The summed E-state index contributed by atoms with van der Waals surface area (Å²) in [5, 5.41) is 0. The molecule has 0 aliphatic rings. The highest BCUT2D eigenvalue weighted by molar-refractivity contribution is 5.99. The van der Waals surface area contributed by atoms with E-state index in [0.29, 0.717) is 0 Å². The van der Waals surface area contributed by atoms with Crippen LogP contribution in [0.2, 0.25) is 0 Å². The minimum atomic E-state index is -6.05. The molecule has 0 saturated heterocycles. The zero-order valence-electron chi connectivity index (χ0n) is 9.04. The highest BCUT2D eigenvalue weighted by atomic mass is 19.4. The van der Waals surface area contributed by atoms with Crippen LogP contribution in [0.25, 0.3) is 0 Å². The van der Waals surface area contributed by atoms with Gasteiger partial charge in [0.05, 0.1) is 5.56 Å². The van der Waals surface area contributed by atoms with Crippen LogP contribution in [0.1, 0.15) is 10.4 Å². The molecule has 10 heteroatoms. The lowest BCUT2D eigenvalue weighted by Gasteiger charge is -2.21. The summed E-state index contributed by atoms with van der Waals surface area (Å²) in [6.07, 6.45) is -12.1. The fourth-order valence-electron chi connectivity index (χ4n) is 1.35. The monoisotopic (exact) mass is 310 g/mol. The molecule has 0 aliphatic carbocycles. The van der Waals surface area contributed by atoms with Gasteiger partial charge in [0, 0.05) is 6.07 Å². The molecule has 1 aromatic carbocycles. The van der Waals surface area contributed by atoms with Gasteiger partial charge in [-0.05, 0) is 6.07 Å². The minimum Gasteiger partial charge on any atom is -0.293 e. The van der Waals surface area contributed by atoms with E-state index in [1.807, 2.05) is 0 Å². The molecule has 112 valence electrons. The Kier molecular flexibility index (Phi) is 4.07. The van der Waals surface area contributed by atoms with Crippen molar-refractivity contribution in [3.8, 4) is 0 Å². The predicted octanol–water partition coefficient (Wildman–Crippen LogP) is 4.03. The number of alkyl halides is 6. The number of halogens is 9. The van der Waals surface area contributed by atoms with Crippen LogP contribution in [-0.2, 0) is 0 Å². The van der Waals surface area contributed by atoms with Gasteiger partial charge < -0.3 is 0 Å². The normalized spacial score (nSPS) is 12.9. The van der Waals surface area contributed by atoms with E-state index in [4.69, 9.17) is 0 Å². The van der Waals surface area contributed by atoms with Gasteiger partial charge in [0.15, 0.2) is 17.4 Å². The third-order valence-corrected chi connectivity index (χ3v) is 2.19. The standard InChI is InChI=1S/C10H3F9O/c11-4-2-6(13)5(12)1-3(4)7(20)8(9(14,15)16)10(17,18)19/h1-2,8H. The summed E-state index contributed by atoms with van der Waals surface area (Å²) in [5.41, 5.74) is -1.83. The third-order valence-electron chi connectivity index (χ3n) is 2.19. The van der Waals surface area contributed by atoms with Gasteiger partial charge >= 0.3 is 12.4 Å². The van der Waals surface area contributed by atoms with Crippen molar-refractivity contribution < 1.29 is 44.3 Å². The molecule has 0 N–H and O–H groups in total. The van der Waals surface area contributed by atoms with E-state index < -0.39 is 47.1 Å². The Bertz CT molecular complexity index is 515. The molecule has 0 atom stereocenters. The van der Waals surface area contributed by atoms with Crippen molar-refractivity contribution in [1.82, 2.24) is 0 Å². The number of hydrogen-bond acceptors (Lipinski definition) is 1. The fraction of sp³-hybridized carbons (Fsp3) is 0.300. The largest absolute Gasteiger partial charge is 0.407 e. The fourth-order valence-corrected chi connectivity index (χ4v) is 1.35. The van der Waals surface area contributed by atoms with Gasteiger partial charge in [0.1, 0.15) is 5.82 Å².